The first kappa shape index (κ1) is 17.7. The van der Waals surface area contributed by atoms with E-state index in [1.54, 1.807) is 24.3 Å². The third kappa shape index (κ3) is 3.82. The Morgan fingerprint density at radius 2 is 1.46 bits per heavy atom. The molecule has 0 aliphatic rings. The zero-order valence-corrected chi connectivity index (χ0v) is 13.9. The van der Waals surface area contributed by atoms with Gasteiger partial charge in [-0.3, -0.25) is 0 Å². The van der Waals surface area contributed by atoms with Crippen LogP contribution in [0.1, 0.15) is 58.0 Å². The molecule has 0 bridgehead atoms. The molecule has 126 valence electrons. The van der Waals surface area contributed by atoms with E-state index >= 15 is 0 Å². The van der Waals surface area contributed by atoms with Crippen LogP contribution in [0.5, 0.6) is 0 Å². The maximum absolute atomic E-state index is 11.5. The quantitative estimate of drug-likeness (QED) is 0.788. The maximum atomic E-state index is 11.5. The summed E-state index contributed by atoms with van der Waals surface area (Å²) in [4.78, 5) is 22.9. The summed E-state index contributed by atoms with van der Waals surface area (Å²) in [6, 6.07) is 14.0. The molecule has 0 saturated carbocycles. The molecule has 2 rings (SSSR count). The van der Waals surface area contributed by atoms with E-state index < -0.39 is 11.9 Å². The largest absolute Gasteiger partial charge is 0.478 e. The van der Waals surface area contributed by atoms with Gasteiger partial charge in [-0.25, -0.2) is 9.59 Å². The van der Waals surface area contributed by atoms with Gasteiger partial charge in [0.2, 0.25) is 0 Å². The van der Waals surface area contributed by atoms with Crippen molar-refractivity contribution in [3.05, 3.63) is 70.8 Å². The summed E-state index contributed by atoms with van der Waals surface area (Å²) < 4.78 is 0. The van der Waals surface area contributed by atoms with E-state index in [1.165, 1.54) is 0 Å². The summed E-state index contributed by atoms with van der Waals surface area (Å²) in [5, 5.41) is 18.8. The molecule has 0 saturated heterocycles. The summed E-state index contributed by atoms with van der Waals surface area (Å²) in [6.45, 7) is 4.08. The fourth-order valence-corrected chi connectivity index (χ4v) is 3.34. The Kier molecular flexibility index (Phi) is 5.74. The van der Waals surface area contributed by atoms with Gasteiger partial charge in [-0.2, -0.15) is 0 Å². The lowest BCUT2D eigenvalue weighted by atomic mass is 9.79. The molecule has 2 N–H and O–H groups in total. The van der Waals surface area contributed by atoms with Crippen molar-refractivity contribution in [2.75, 3.05) is 0 Å². The standard InChI is InChI=1S/C20H22O4/c1-3-15(17-10-6-7-11-18(17)20(23)24)13(2)12-14-8-4-5-9-16(14)19(21)22/h4-11,13,15H,3,12H2,1-2H3,(H,21,22)(H,23,24). The monoisotopic (exact) mass is 326 g/mol. The highest BCUT2D eigenvalue weighted by atomic mass is 16.4. The lowest BCUT2D eigenvalue weighted by Crippen LogP contribution is -2.17. The van der Waals surface area contributed by atoms with Gasteiger partial charge in [-0.1, -0.05) is 50.2 Å². The van der Waals surface area contributed by atoms with E-state index in [4.69, 9.17) is 0 Å². The fourth-order valence-electron chi connectivity index (χ4n) is 3.34. The first-order valence-electron chi connectivity index (χ1n) is 8.09. The molecular formula is C20H22O4. The number of carboxylic acids is 2. The minimum Gasteiger partial charge on any atom is -0.478 e. The summed E-state index contributed by atoms with van der Waals surface area (Å²) in [7, 11) is 0. The fraction of sp³-hybridized carbons (Fsp3) is 0.300. The van der Waals surface area contributed by atoms with E-state index in [1.807, 2.05) is 38.1 Å². The van der Waals surface area contributed by atoms with Gasteiger partial charge in [-0.15, -0.1) is 0 Å². The predicted molar refractivity (Wildman–Crippen MR) is 92.7 cm³/mol. The normalized spacial score (nSPS) is 13.2. The molecule has 24 heavy (non-hydrogen) atoms. The van der Waals surface area contributed by atoms with Crippen molar-refractivity contribution in [2.45, 2.75) is 32.6 Å². The van der Waals surface area contributed by atoms with E-state index in [9.17, 15) is 19.8 Å². The molecule has 2 atom stereocenters. The number of hydrogen-bond donors (Lipinski definition) is 2. The number of aromatic carboxylic acids is 2. The molecule has 0 aliphatic carbocycles. The molecule has 0 radical (unpaired) electrons. The molecule has 2 aromatic carbocycles. The molecule has 4 heteroatoms. The van der Waals surface area contributed by atoms with Crippen LogP contribution in [0, 0.1) is 5.92 Å². The average molecular weight is 326 g/mol. The van der Waals surface area contributed by atoms with Crippen molar-refractivity contribution in [3.8, 4) is 0 Å². The summed E-state index contributed by atoms with van der Waals surface area (Å²) in [5.74, 6) is -1.69. The number of hydrogen-bond acceptors (Lipinski definition) is 2. The topological polar surface area (TPSA) is 74.6 Å². The minimum absolute atomic E-state index is 0.0548. The summed E-state index contributed by atoms with van der Waals surface area (Å²) in [5.41, 5.74) is 2.23. The minimum atomic E-state index is -0.934. The van der Waals surface area contributed by atoms with Crippen LogP contribution in [0.2, 0.25) is 0 Å². The van der Waals surface area contributed by atoms with Crippen LogP contribution in [-0.2, 0) is 6.42 Å². The third-order valence-corrected chi connectivity index (χ3v) is 4.51. The number of benzene rings is 2. The van der Waals surface area contributed by atoms with Crippen LogP contribution in [-0.4, -0.2) is 22.2 Å². The zero-order valence-electron chi connectivity index (χ0n) is 13.9. The smallest absolute Gasteiger partial charge is 0.335 e. The Labute approximate surface area is 141 Å². The van der Waals surface area contributed by atoms with Gasteiger partial charge in [0.1, 0.15) is 0 Å². The highest BCUT2D eigenvalue weighted by molar-refractivity contribution is 5.90. The van der Waals surface area contributed by atoms with Crippen molar-refractivity contribution in [1.82, 2.24) is 0 Å². The van der Waals surface area contributed by atoms with Crippen molar-refractivity contribution in [1.29, 1.82) is 0 Å². The highest BCUT2D eigenvalue weighted by Gasteiger charge is 2.24. The van der Waals surface area contributed by atoms with Crippen LogP contribution >= 0.6 is 0 Å². The predicted octanol–water partition coefficient (Wildman–Crippen LogP) is 4.46. The molecule has 4 nitrogen and oxygen atoms in total. The van der Waals surface area contributed by atoms with E-state index in [2.05, 4.69) is 0 Å². The van der Waals surface area contributed by atoms with Gasteiger partial charge in [0, 0.05) is 0 Å². The summed E-state index contributed by atoms with van der Waals surface area (Å²) >= 11 is 0. The molecule has 0 aliphatic heterocycles. The number of rotatable bonds is 7. The number of carboxylic acid groups (broad SMARTS) is 2. The van der Waals surface area contributed by atoms with E-state index in [0.29, 0.717) is 17.5 Å². The van der Waals surface area contributed by atoms with Gasteiger partial charge in [0.05, 0.1) is 11.1 Å². The van der Waals surface area contributed by atoms with E-state index in [-0.39, 0.29) is 11.8 Å². The van der Waals surface area contributed by atoms with Crippen molar-refractivity contribution >= 4 is 11.9 Å². The molecule has 0 heterocycles. The van der Waals surface area contributed by atoms with Crippen LogP contribution < -0.4 is 0 Å². The van der Waals surface area contributed by atoms with Crippen LogP contribution in [0.25, 0.3) is 0 Å². The highest BCUT2D eigenvalue weighted by Crippen LogP contribution is 2.33. The SMILES string of the molecule is CCC(c1ccccc1C(=O)O)C(C)Cc1ccccc1C(=O)O. The van der Waals surface area contributed by atoms with Crippen LogP contribution in [0.3, 0.4) is 0 Å². The van der Waals surface area contributed by atoms with Gasteiger partial charge in [-0.05, 0) is 47.9 Å². The first-order chi connectivity index (χ1) is 11.5. The molecule has 0 amide bonds. The molecule has 0 fully saturated rings. The molecule has 2 aromatic rings. The second-order valence-corrected chi connectivity index (χ2v) is 6.05. The Balaban J connectivity index is 2.33. The molecule has 0 spiro atoms. The van der Waals surface area contributed by atoms with Crippen LogP contribution in [0.15, 0.2) is 48.5 Å². The Morgan fingerprint density at radius 1 is 0.917 bits per heavy atom. The second kappa shape index (κ2) is 7.77. The Hall–Kier alpha value is -2.62. The maximum Gasteiger partial charge on any atom is 0.335 e. The van der Waals surface area contributed by atoms with Crippen LogP contribution in [0.4, 0.5) is 0 Å². The first-order valence-corrected chi connectivity index (χ1v) is 8.09. The van der Waals surface area contributed by atoms with E-state index in [0.717, 1.165) is 17.5 Å². The van der Waals surface area contributed by atoms with Gasteiger partial charge >= 0.3 is 11.9 Å². The van der Waals surface area contributed by atoms with Crippen molar-refractivity contribution in [2.24, 2.45) is 5.92 Å². The summed E-state index contributed by atoms with van der Waals surface area (Å²) in [6.07, 6.45) is 1.38. The molecule has 0 aromatic heterocycles. The average Bonchev–Trinajstić information content (AvgIpc) is 2.56. The number of carbonyl (C=O) groups is 2. The van der Waals surface area contributed by atoms with Crippen molar-refractivity contribution < 1.29 is 19.8 Å². The molecular weight excluding hydrogens is 304 g/mol. The molecule has 2 unspecified atom stereocenters. The third-order valence-electron chi connectivity index (χ3n) is 4.51. The second-order valence-electron chi connectivity index (χ2n) is 6.05. The Morgan fingerprint density at radius 3 is 2.04 bits per heavy atom. The van der Waals surface area contributed by atoms with Gasteiger partial charge in [0.25, 0.3) is 0 Å². The van der Waals surface area contributed by atoms with Gasteiger partial charge in [0.15, 0.2) is 0 Å². The van der Waals surface area contributed by atoms with Crippen molar-refractivity contribution in [3.63, 3.8) is 0 Å². The lowest BCUT2D eigenvalue weighted by molar-refractivity contribution is 0.0685. The zero-order chi connectivity index (χ0) is 17.7. The lowest BCUT2D eigenvalue weighted by Gasteiger charge is -2.25. The Bertz CT molecular complexity index is 736. The van der Waals surface area contributed by atoms with Gasteiger partial charge < -0.3 is 10.2 Å².